The zero-order valence-corrected chi connectivity index (χ0v) is 12.8. The number of rotatable bonds is 11. The summed E-state index contributed by atoms with van der Waals surface area (Å²) in [5, 5.41) is 0. The molecule has 0 N–H and O–H groups in total. The summed E-state index contributed by atoms with van der Waals surface area (Å²) < 4.78 is 1.25. The Labute approximate surface area is 113 Å². The van der Waals surface area contributed by atoms with Crippen molar-refractivity contribution in [1.82, 2.24) is 0 Å². The van der Waals surface area contributed by atoms with E-state index in [1.807, 2.05) is 0 Å². The average Bonchev–Trinajstić information content (AvgIpc) is 2.37. The van der Waals surface area contributed by atoms with Gasteiger partial charge in [0.05, 0.1) is 26.2 Å². The Morgan fingerprint density at radius 1 is 0.824 bits per heavy atom. The average molecular weight is 261 g/mol. The van der Waals surface area contributed by atoms with Crippen molar-refractivity contribution in [2.75, 3.05) is 26.2 Å². The number of hydrogen-bond donors (Lipinski definition) is 0. The summed E-state index contributed by atoms with van der Waals surface area (Å²) in [6, 6.07) is 0. The van der Waals surface area contributed by atoms with E-state index < -0.39 is 0 Å². The van der Waals surface area contributed by atoms with Gasteiger partial charge >= 0.3 is 0 Å². The van der Waals surface area contributed by atoms with Crippen molar-refractivity contribution in [2.24, 2.45) is 0 Å². The highest BCUT2D eigenvalue weighted by atomic mass is 35.5. The molecule has 0 unspecified atom stereocenters. The van der Waals surface area contributed by atoms with Crippen molar-refractivity contribution in [2.45, 2.75) is 59.3 Å². The van der Waals surface area contributed by atoms with Gasteiger partial charge in [-0.2, -0.15) is 0 Å². The van der Waals surface area contributed by atoms with Crippen LogP contribution < -0.4 is 0 Å². The summed E-state index contributed by atoms with van der Waals surface area (Å²) in [5.74, 6) is 0. The molecule has 0 aliphatic rings. The Hall–Kier alpha value is -0.0100. The first-order valence-electron chi connectivity index (χ1n) is 7.35. The van der Waals surface area contributed by atoms with E-state index in [-0.39, 0.29) is 0 Å². The Balaban J connectivity index is 4.50. The Morgan fingerprint density at radius 2 is 1.24 bits per heavy atom. The topological polar surface area (TPSA) is 0 Å². The van der Waals surface area contributed by atoms with Gasteiger partial charge in [0, 0.05) is 5.54 Å². The standard InChI is InChI=1S/C15H31ClN/c1-4-7-12-17(13-8-5-2,14-9-6-3)15-10-11-16/h10-11H,4-9,12-15H2,1-3H3/q+1. The fourth-order valence-electron chi connectivity index (χ4n) is 2.35. The van der Waals surface area contributed by atoms with Gasteiger partial charge in [0.15, 0.2) is 0 Å². The van der Waals surface area contributed by atoms with Crippen LogP contribution in [0, 0.1) is 0 Å². The fraction of sp³-hybridized carbons (Fsp3) is 0.867. The monoisotopic (exact) mass is 260 g/mol. The maximum Gasteiger partial charge on any atom is 0.0985 e. The molecule has 0 saturated heterocycles. The molecule has 0 heterocycles. The molecule has 0 fully saturated rings. The predicted octanol–water partition coefficient (Wildman–Crippen LogP) is 4.96. The van der Waals surface area contributed by atoms with Gasteiger partial charge in [-0.05, 0) is 25.3 Å². The zero-order chi connectivity index (χ0) is 13.0. The fourth-order valence-corrected chi connectivity index (χ4v) is 2.43. The van der Waals surface area contributed by atoms with Gasteiger partial charge in [0.2, 0.25) is 0 Å². The summed E-state index contributed by atoms with van der Waals surface area (Å²) >= 11 is 5.72. The van der Waals surface area contributed by atoms with Crippen LogP contribution in [0.5, 0.6) is 0 Å². The maximum atomic E-state index is 5.72. The molecule has 0 amide bonds. The van der Waals surface area contributed by atoms with Gasteiger partial charge < -0.3 is 4.48 Å². The van der Waals surface area contributed by atoms with E-state index in [1.54, 1.807) is 5.54 Å². The largest absolute Gasteiger partial charge is 0.320 e. The van der Waals surface area contributed by atoms with E-state index >= 15 is 0 Å². The molecule has 0 aromatic carbocycles. The van der Waals surface area contributed by atoms with Crippen LogP contribution in [0.15, 0.2) is 11.6 Å². The smallest absolute Gasteiger partial charge is 0.0985 e. The lowest BCUT2D eigenvalue weighted by Gasteiger charge is -2.38. The van der Waals surface area contributed by atoms with Crippen LogP contribution in [0.3, 0.4) is 0 Å². The van der Waals surface area contributed by atoms with Gasteiger partial charge in [0.25, 0.3) is 0 Å². The van der Waals surface area contributed by atoms with E-state index in [9.17, 15) is 0 Å². The molecular formula is C15H31ClN+. The second-order valence-electron chi connectivity index (χ2n) is 5.12. The minimum Gasteiger partial charge on any atom is -0.320 e. The van der Waals surface area contributed by atoms with Crippen molar-refractivity contribution >= 4 is 11.6 Å². The highest BCUT2D eigenvalue weighted by Crippen LogP contribution is 2.15. The molecule has 0 rings (SSSR count). The molecule has 2 heteroatoms. The van der Waals surface area contributed by atoms with Crippen LogP contribution in [0.1, 0.15) is 59.3 Å². The third-order valence-electron chi connectivity index (χ3n) is 3.54. The summed E-state index contributed by atoms with van der Waals surface area (Å²) in [7, 11) is 0. The lowest BCUT2D eigenvalue weighted by Crippen LogP contribution is -2.50. The van der Waals surface area contributed by atoms with Gasteiger partial charge in [-0.3, -0.25) is 0 Å². The van der Waals surface area contributed by atoms with Crippen LogP contribution in [-0.2, 0) is 0 Å². The minimum absolute atomic E-state index is 1.11. The molecular weight excluding hydrogens is 230 g/mol. The summed E-state index contributed by atoms with van der Waals surface area (Å²) in [4.78, 5) is 0. The SMILES string of the molecule is CCCC[N+](CC=CCl)(CCCC)CCCC. The molecule has 0 atom stereocenters. The van der Waals surface area contributed by atoms with Crippen molar-refractivity contribution in [3.63, 3.8) is 0 Å². The molecule has 0 radical (unpaired) electrons. The summed E-state index contributed by atoms with van der Waals surface area (Å²) in [6.45, 7) is 11.9. The molecule has 0 aromatic heterocycles. The van der Waals surface area contributed by atoms with Gasteiger partial charge in [0.1, 0.15) is 0 Å². The van der Waals surface area contributed by atoms with Crippen molar-refractivity contribution in [3.05, 3.63) is 11.6 Å². The zero-order valence-electron chi connectivity index (χ0n) is 12.1. The Morgan fingerprint density at radius 3 is 1.53 bits per heavy atom. The van der Waals surface area contributed by atoms with Gasteiger partial charge in [-0.15, -0.1) is 0 Å². The molecule has 1 nitrogen and oxygen atoms in total. The van der Waals surface area contributed by atoms with Crippen molar-refractivity contribution in [1.29, 1.82) is 0 Å². The van der Waals surface area contributed by atoms with Crippen LogP contribution >= 0.6 is 11.6 Å². The van der Waals surface area contributed by atoms with Crippen LogP contribution in [0.4, 0.5) is 0 Å². The number of quaternary nitrogens is 1. The molecule has 17 heavy (non-hydrogen) atoms. The van der Waals surface area contributed by atoms with Gasteiger partial charge in [-0.25, -0.2) is 0 Å². The van der Waals surface area contributed by atoms with E-state index in [2.05, 4.69) is 26.8 Å². The molecule has 102 valence electrons. The molecule has 0 aliphatic carbocycles. The lowest BCUT2D eigenvalue weighted by atomic mass is 10.1. The molecule has 0 spiro atoms. The third-order valence-corrected chi connectivity index (χ3v) is 3.72. The Bertz CT molecular complexity index is 168. The normalized spacial score (nSPS) is 12.5. The quantitative estimate of drug-likeness (QED) is 0.461. The highest BCUT2D eigenvalue weighted by molar-refractivity contribution is 6.25. The van der Waals surface area contributed by atoms with E-state index in [1.165, 1.54) is 62.6 Å². The first-order chi connectivity index (χ1) is 8.24. The Kier molecular flexibility index (Phi) is 11.1. The number of hydrogen-bond acceptors (Lipinski definition) is 0. The number of nitrogens with zero attached hydrogens (tertiary/aromatic N) is 1. The lowest BCUT2D eigenvalue weighted by molar-refractivity contribution is -0.923. The predicted molar refractivity (Wildman–Crippen MR) is 79.4 cm³/mol. The maximum absolute atomic E-state index is 5.72. The van der Waals surface area contributed by atoms with Crippen molar-refractivity contribution in [3.8, 4) is 0 Å². The molecule has 0 bridgehead atoms. The van der Waals surface area contributed by atoms with Gasteiger partial charge in [-0.1, -0.05) is 51.6 Å². The van der Waals surface area contributed by atoms with E-state index in [4.69, 9.17) is 11.6 Å². The first kappa shape index (κ1) is 17.0. The van der Waals surface area contributed by atoms with Crippen LogP contribution in [0.25, 0.3) is 0 Å². The first-order valence-corrected chi connectivity index (χ1v) is 7.78. The second kappa shape index (κ2) is 11.1. The van der Waals surface area contributed by atoms with Crippen molar-refractivity contribution < 1.29 is 4.48 Å². The second-order valence-corrected chi connectivity index (χ2v) is 5.37. The van der Waals surface area contributed by atoms with E-state index in [0.29, 0.717) is 0 Å². The third kappa shape index (κ3) is 7.83. The molecule has 0 aromatic rings. The molecule has 0 saturated carbocycles. The highest BCUT2D eigenvalue weighted by Gasteiger charge is 2.23. The molecule has 0 aliphatic heterocycles. The van der Waals surface area contributed by atoms with Crippen LogP contribution in [-0.4, -0.2) is 30.7 Å². The van der Waals surface area contributed by atoms with Crippen LogP contribution in [0.2, 0.25) is 0 Å². The van der Waals surface area contributed by atoms with E-state index in [0.717, 1.165) is 6.54 Å². The number of halogens is 1. The minimum atomic E-state index is 1.11. The summed E-state index contributed by atoms with van der Waals surface area (Å²) in [6.07, 6.45) is 10.0. The summed E-state index contributed by atoms with van der Waals surface area (Å²) in [5.41, 5.74) is 1.69. The number of unbranched alkanes of at least 4 members (excludes halogenated alkanes) is 3.